The molecule has 0 saturated carbocycles. The largest absolute Gasteiger partial charge is 0.399 e. The van der Waals surface area contributed by atoms with Crippen LogP contribution in [0, 0.1) is 0 Å². The van der Waals surface area contributed by atoms with Crippen LogP contribution in [0.3, 0.4) is 0 Å². The summed E-state index contributed by atoms with van der Waals surface area (Å²) in [5.74, 6) is -0.0918. The van der Waals surface area contributed by atoms with Crippen LogP contribution >= 0.6 is 0 Å². The van der Waals surface area contributed by atoms with Gasteiger partial charge < -0.3 is 16.0 Å². The maximum Gasteiger partial charge on any atom is 0.241 e. The van der Waals surface area contributed by atoms with Crippen molar-refractivity contribution in [3.8, 4) is 0 Å². The van der Waals surface area contributed by atoms with Gasteiger partial charge in [-0.15, -0.1) is 0 Å². The molecule has 0 radical (unpaired) electrons. The van der Waals surface area contributed by atoms with E-state index in [2.05, 4.69) is 5.32 Å². The average Bonchev–Trinajstić information content (AvgIpc) is 2.52. The molecule has 1 heterocycles. The number of nitrogen functional groups attached to an aromatic ring is 1. The molecular formula is C16H23N3O2. The Balaban J connectivity index is 1.70. The molecule has 0 unspecified atom stereocenters. The smallest absolute Gasteiger partial charge is 0.241 e. The number of carbonyl (C=O) groups is 2. The van der Waals surface area contributed by atoms with Crippen LogP contribution in [0.5, 0.6) is 0 Å². The first-order valence-electron chi connectivity index (χ1n) is 7.54. The average molecular weight is 289 g/mol. The third-order valence-corrected chi connectivity index (χ3v) is 3.82. The fourth-order valence-corrected chi connectivity index (χ4v) is 2.53. The maximum atomic E-state index is 11.9. The van der Waals surface area contributed by atoms with Crippen LogP contribution in [-0.2, 0) is 16.0 Å². The molecule has 2 amide bonds. The van der Waals surface area contributed by atoms with Gasteiger partial charge in [0, 0.05) is 25.2 Å². The molecule has 1 fully saturated rings. The molecule has 1 aliphatic heterocycles. The molecule has 1 aliphatic rings. The Morgan fingerprint density at radius 2 is 1.86 bits per heavy atom. The lowest BCUT2D eigenvalue weighted by atomic mass is 10.1. The van der Waals surface area contributed by atoms with E-state index in [1.165, 1.54) is 6.42 Å². The Labute approximate surface area is 125 Å². The number of anilines is 1. The molecule has 2 rings (SSSR count). The van der Waals surface area contributed by atoms with Crippen LogP contribution < -0.4 is 11.1 Å². The minimum atomic E-state index is -0.108. The molecule has 3 N–H and O–H groups in total. The number of hydrogen-bond acceptors (Lipinski definition) is 3. The highest BCUT2D eigenvalue weighted by atomic mass is 16.2. The first-order valence-corrected chi connectivity index (χ1v) is 7.54. The van der Waals surface area contributed by atoms with Crippen LogP contribution in [0.2, 0.25) is 0 Å². The van der Waals surface area contributed by atoms with Gasteiger partial charge in [-0.05, 0) is 37.3 Å². The molecule has 0 aliphatic carbocycles. The Bertz CT molecular complexity index is 496. The van der Waals surface area contributed by atoms with Crippen LogP contribution in [0.25, 0.3) is 0 Å². The number of aryl methyl sites for hydroxylation is 1. The van der Waals surface area contributed by atoms with Crippen molar-refractivity contribution in [1.29, 1.82) is 0 Å². The zero-order valence-electron chi connectivity index (χ0n) is 12.3. The highest BCUT2D eigenvalue weighted by Gasteiger charge is 2.16. The van der Waals surface area contributed by atoms with Crippen molar-refractivity contribution in [3.63, 3.8) is 0 Å². The summed E-state index contributed by atoms with van der Waals surface area (Å²) in [7, 11) is 0. The number of para-hydroxylation sites is 1. The summed E-state index contributed by atoms with van der Waals surface area (Å²) in [6, 6.07) is 7.52. The van der Waals surface area contributed by atoms with Gasteiger partial charge in [-0.25, -0.2) is 0 Å². The number of hydrogen-bond donors (Lipinski definition) is 2. The number of likely N-dealkylation sites (tertiary alicyclic amines) is 1. The van der Waals surface area contributed by atoms with E-state index >= 15 is 0 Å². The van der Waals surface area contributed by atoms with E-state index in [0.717, 1.165) is 31.5 Å². The summed E-state index contributed by atoms with van der Waals surface area (Å²) in [4.78, 5) is 25.5. The predicted octanol–water partition coefficient (Wildman–Crippen LogP) is 1.33. The Morgan fingerprint density at radius 1 is 1.14 bits per heavy atom. The van der Waals surface area contributed by atoms with Crippen LogP contribution in [0.4, 0.5) is 5.69 Å². The van der Waals surface area contributed by atoms with E-state index in [4.69, 9.17) is 5.73 Å². The van der Waals surface area contributed by atoms with Crippen LogP contribution in [0.15, 0.2) is 24.3 Å². The third kappa shape index (κ3) is 4.77. The summed E-state index contributed by atoms with van der Waals surface area (Å²) < 4.78 is 0. The molecule has 1 aromatic rings. The van der Waals surface area contributed by atoms with Crippen molar-refractivity contribution in [2.45, 2.75) is 32.1 Å². The highest BCUT2D eigenvalue weighted by molar-refractivity contribution is 5.84. The molecule has 5 nitrogen and oxygen atoms in total. The minimum Gasteiger partial charge on any atom is -0.399 e. The number of nitrogens with zero attached hydrogens (tertiary/aromatic N) is 1. The predicted molar refractivity (Wildman–Crippen MR) is 82.6 cm³/mol. The topological polar surface area (TPSA) is 75.4 Å². The Morgan fingerprint density at radius 3 is 2.57 bits per heavy atom. The number of nitrogens with two attached hydrogens (primary N) is 1. The number of piperidine rings is 1. The monoisotopic (exact) mass is 289 g/mol. The van der Waals surface area contributed by atoms with Gasteiger partial charge in [-0.2, -0.15) is 0 Å². The summed E-state index contributed by atoms with van der Waals surface area (Å²) in [5.41, 5.74) is 7.50. The summed E-state index contributed by atoms with van der Waals surface area (Å²) >= 11 is 0. The fourth-order valence-electron chi connectivity index (χ4n) is 2.53. The number of benzene rings is 1. The molecule has 0 aromatic heterocycles. The van der Waals surface area contributed by atoms with Crippen molar-refractivity contribution >= 4 is 17.5 Å². The van der Waals surface area contributed by atoms with Crippen molar-refractivity contribution in [2.24, 2.45) is 0 Å². The normalized spacial score (nSPS) is 14.8. The van der Waals surface area contributed by atoms with E-state index < -0.39 is 0 Å². The van der Waals surface area contributed by atoms with E-state index in [9.17, 15) is 9.59 Å². The molecule has 0 spiro atoms. The number of nitrogens with one attached hydrogen (secondary N) is 1. The van der Waals surface area contributed by atoms with E-state index in [1.807, 2.05) is 29.2 Å². The van der Waals surface area contributed by atoms with Gasteiger partial charge >= 0.3 is 0 Å². The SMILES string of the molecule is Nc1ccccc1CCC(=O)NCC(=O)N1CCCCC1. The van der Waals surface area contributed by atoms with Crippen LogP contribution in [0.1, 0.15) is 31.2 Å². The Kier molecular flexibility index (Phi) is 5.60. The van der Waals surface area contributed by atoms with E-state index in [1.54, 1.807) is 0 Å². The van der Waals surface area contributed by atoms with Gasteiger partial charge in [-0.3, -0.25) is 9.59 Å². The zero-order valence-corrected chi connectivity index (χ0v) is 12.3. The fraction of sp³-hybridized carbons (Fsp3) is 0.500. The lowest BCUT2D eigenvalue weighted by Crippen LogP contribution is -2.42. The molecule has 0 atom stereocenters. The van der Waals surface area contributed by atoms with Gasteiger partial charge in [0.1, 0.15) is 0 Å². The first kappa shape index (κ1) is 15.4. The zero-order chi connectivity index (χ0) is 15.1. The standard InChI is InChI=1S/C16H23N3O2/c17-14-7-3-2-6-13(14)8-9-15(20)18-12-16(21)19-10-4-1-5-11-19/h2-3,6-7H,1,4-5,8-12,17H2,(H,18,20). The molecule has 0 bridgehead atoms. The summed E-state index contributed by atoms with van der Waals surface area (Å²) in [6.45, 7) is 1.73. The number of rotatable bonds is 5. The molecule has 1 saturated heterocycles. The molecular weight excluding hydrogens is 266 g/mol. The summed E-state index contributed by atoms with van der Waals surface area (Å²) in [6.07, 6.45) is 4.26. The van der Waals surface area contributed by atoms with Crippen molar-refractivity contribution in [1.82, 2.24) is 10.2 Å². The maximum absolute atomic E-state index is 11.9. The molecule has 21 heavy (non-hydrogen) atoms. The first-order chi connectivity index (χ1) is 10.2. The van der Waals surface area contributed by atoms with Gasteiger partial charge in [0.2, 0.25) is 11.8 Å². The lowest BCUT2D eigenvalue weighted by Gasteiger charge is -2.26. The van der Waals surface area contributed by atoms with Gasteiger partial charge in [-0.1, -0.05) is 18.2 Å². The van der Waals surface area contributed by atoms with Crippen molar-refractivity contribution in [3.05, 3.63) is 29.8 Å². The van der Waals surface area contributed by atoms with E-state index in [-0.39, 0.29) is 18.4 Å². The third-order valence-electron chi connectivity index (χ3n) is 3.82. The quantitative estimate of drug-likeness (QED) is 0.803. The van der Waals surface area contributed by atoms with Crippen LogP contribution in [-0.4, -0.2) is 36.3 Å². The Hall–Kier alpha value is -2.04. The van der Waals surface area contributed by atoms with Crippen molar-refractivity contribution in [2.75, 3.05) is 25.4 Å². The van der Waals surface area contributed by atoms with Crippen molar-refractivity contribution < 1.29 is 9.59 Å². The highest BCUT2D eigenvalue weighted by Crippen LogP contribution is 2.12. The summed E-state index contributed by atoms with van der Waals surface area (Å²) in [5, 5.41) is 2.70. The van der Waals surface area contributed by atoms with E-state index in [0.29, 0.717) is 18.5 Å². The van der Waals surface area contributed by atoms with Gasteiger partial charge in [0.15, 0.2) is 0 Å². The van der Waals surface area contributed by atoms with Gasteiger partial charge in [0.05, 0.1) is 6.54 Å². The van der Waals surface area contributed by atoms with Gasteiger partial charge in [0.25, 0.3) is 0 Å². The number of amides is 2. The molecule has 1 aromatic carbocycles. The molecule has 114 valence electrons. The second kappa shape index (κ2) is 7.67. The second-order valence-corrected chi connectivity index (χ2v) is 5.42. The second-order valence-electron chi connectivity index (χ2n) is 5.42. The molecule has 5 heteroatoms. The number of carbonyl (C=O) groups excluding carboxylic acids is 2. The minimum absolute atomic E-state index is 0.0160. The lowest BCUT2D eigenvalue weighted by molar-refractivity contribution is -0.133.